The predicted octanol–water partition coefficient (Wildman–Crippen LogP) is 1.54. The maximum absolute atomic E-state index is 5.82. The third kappa shape index (κ3) is 1.72. The molecule has 18 heavy (non-hydrogen) atoms. The van der Waals surface area contributed by atoms with E-state index in [4.69, 9.17) is 10.3 Å². The van der Waals surface area contributed by atoms with Crippen LogP contribution in [0.3, 0.4) is 0 Å². The second-order valence-corrected chi connectivity index (χ2v) is 4.33. The molecule has 90 valence electrons. The molecule has 3 aromatic rings. The van der Waals surface area contributed by atoms with Gasteiger partial charge in [-0.2, -0.15) is 9.36 Å². The fourth-order valence-corrected chi connectivity index (χ4v) is 2.15. The summed E-state index contributed by atoms with van der Waals surface area (Å²) in [7, 11) is 0. The van der Waals surface area contributed by atoms with Crippen LogP contribution in [0.1, 0.15) is 5.69 Å². The van der Waals surface area contributed by atoms with E-state index >= 15 is 0 Å². The van der Waals surface area contributed by atoms with Crippen LogP contribution in [0.25, 0.3) is 23.0 Å². The smallest absolute Gasteiger partial charge is 0.263 e. The zero-order valence-electron chi connectivity index (χ0n) is 9.36. The lowest BCUT2D eigenvalue weighted by molar-refractivity contribution is 0.432. The first-order valence-electron chi connectivity index (χ1n) is 5.08. The van der Waals surface area contributed by atoms with Gasteiger partial charge in [0.25, 0.3) is 5.89 Å². The van der Waals surface area contributed by atoms with Crippen molar-refractivity contribution < 1.29 is 4.52 Å². The molecular weight excluding hydrogens is 252 g/mol. The van der Waals surface area contributed by atoms with Gasteiger partial charge in [-0.3, -0.25) is 0 Å². The normalized spacial score (nSPS) is 10.7. The van der Waals surface area contributed by atoms with Crippen LogP contribution >= 0.6 is 11.5 Å². The Hall–Kier alpha value is -2.35. The first kappa shape index (κ1) is 10.8. The van der Waals surface area contributed by atoms with Crippen molar-refractivity contribution in [2.24, 2.45) is 0 Å². The van der Waals surface area contributed by atoms with E-state index in [-0.39, 0.29) is 0 Å². The van der Waals surface area contributed by atoms with E-state index in [9.17, 15) is 0 Å². The molecule has 0 saturated heterocycles. The molecule has 0 aliphatic heterocycles. The molecule has 0 radical (unpaired) electrons. The molecule has 0 aliphatic carbocycles. The van der Waals surface area contributed by atoms with Crippen LogP contribution in [0, 0.1) is 6.92 Å². The number of nitrogens with two attached hydrogens (primary N) is 1. The summed E-state index contributed by atoms with van der Waals surface area (Å²) in [4.78, 5) is 12.1. The number of nitrogen functional groups attached to an aromatic ring is 1. The van der Waals surface area contributed by atoms with Gasteiger partial charge < -0.3 is 10.3 Å². The van der Waals surface area contributed by atoms with Crippen molar-refractivity contribution in [3.63, 3.8) is 0 Å². The van der Waals surface area contributed by atoms with Gasteiger partial charge in [0, 0.05) is 6.20 Å². The Balaban J connectivity index is 2.05. The lowest BCUT2D eigenvalue weighted by Crippen LogP contribution is -1.88. The van der Waals surface area contributed by atoms with Gasteiger partial charge >= 0.3 is 0 Å². The minimum Gasteiger partial charge on any atom is -0.389 e. The second-order valence-electron chi connectivity index (χ2n) is 3.52. The van der Waals surface area contributed by atoms with Crippen LogP contribution in [-0.4, -0.2) is 24.5 Å². The average molecular weight is 260 g/mol. The highest BCUT2D eigenvalue weighted by Crippen LogP contribution is 2.31. The molecule has 3 aromatic heterocycles. The molecule has 7 nitrogen and oxygen atoms in total. The first-order valence-corrected chi connectivity index (χ1v) is 5.85. The van der Waals surface area contributed by atoms with E-state index in [0.717, 1.165) is 5.69 Å². The van der Waals surface area contributed by atoms with E-state index in [1.807, 2.05) is 6.92 Å². The van der Waals surface area contributed by atoms with Crippen molar-refractivity contribution in [3.05, 3.63) is 24.3 Å². The molecule has 0 fully saturated rings. The summed E-state index contributed by atoms with van der Waals surface area (Å²) in [6.07, 6.45) is 3.04. The number of anilines is 1. The summed E-state index contributed by atoms with van der Waals surface area (Å²) in [6.45, 7) is 1.84. The third-order valence-electron chi connectivity index (χ3n) is 2.34. The number of rotatable bonds is 2. The van der Waals surface area contributed by atoms with Crippen LogP contribution in [-0.2, 0) is 0 Å². The summed E-state index contributed by atoms with van der Waals surface area (Å²) in [5, 5.41) is 4.43. The van der Waals surface area contributed by atoms with Gasteiger partial charge in [0.1, 0.15) is 17.0 Å². The zero-order chi connectivity index (χ0) is 12.5. The van der Waals surface area contributed by atoms with Crippen LogP contribution in [0.5, 0.6) is 0 Å². The van der Waals surface area contributed by atoms with Crippen molar-refractivity contribution in [3.8, 4) is 23.0 Å². The van der Waals surface area contributed by atoms with Crippen LogP contribution in [0.2, 0.25) is 0 Å². The van der Waals surface area contributed by atoms with Gasteiger partial charge in [0.2, 0.25) is 5.82 Å². The first-order chi connectivity index (χ1) is 8.75. The highest BCUT2D eigenvalue weighted by atomic mass is 32.1. The number of nitrogens with zero attached hydrogens (tertiary/aromatic N) is 5. The van der Waals surface area contributed by atoms with Gasteiger partial charge in [0.15, 0.2) is 0 Å². The lowest BCUT2D eigenvalue weighted by atomic mass is 10.2. The predicted molar refractivity (Wildman–Crippen MR) is 65.6 cm³/mol. The Labute approximate surface area is 106 Å². The fourth-order valence-electron chi connectivity index (χ4n) is 1.50. The Morgan fingerprint density at radius 2 is 2.28 bits per heavy atom. The van der Waals surface area contributed by atoms with Crippen molar-refractivity contribution in [1.82, 2.24) is 24.5 Å². The molecule has 3 heterocycles. The molecule has 0 aliphatic rings. The Morgan fingerprint density at radius 3 is 2.94 bits per heavy atom. The standard InChI is InChI=1S/C10H8N6OS/c1-5-7(8(11)18-16-5)10-14-9(15-17-10)6-2-3-12-4-13-6/h2-4H,11H2,1H3. The Kier molecular flexibility index (Phi) is 2.49. The maximum atomic E-state index is 5.82. The van der Waals surface area contributed by atoms with Crippen molar-refractivity contribution >= 4 is 16.5 Å². The largest absolute Gasteiger partial charge is 0.389 e. The lowest BCUT2D eigenvalue weighted by Gasteiger charge is -1.91. The van der Waals surface area contributed by atoms with Crippen molar-refractivity contribution in [1.29, 1.82) is 0 Å². The number of hydrogen-bond donors (Lipinski definition) is 1. The summed E-state index contributed by atoms with van der Waals surface area (Å²) >= 11 is 1.21. The number of aryl methyl sites for hydroxylation is 1. The van der Waals surface area contributed by atoms with Gasteiger partial charge in [-0.25, -0.2) is 9.97 Å². The third-order valence-corrected chi connectivity index (χ3v) is 3.11. The van der Waals surface area contributed by atoms with E-state index in [1.54, 1.807) is 12.3 Å². The van der Waals surface area contributed by atoms with Crippen molar-refractivity contribution in [2.45, 2.75) is 6.92 Å². The number of aromatic nitrogens is 5. The zero-order valence-corrected chi connectivity index (χ0v) is 10.2. The molecule has 0 saturated carbocycles. The molecule has 0 atom stereocenters. The average Bonchev–Trinajstić information content (AvgIpc) is 2.98. The minimum atomic E-state index is 0.354. The van der Waals surface area contributed by atoms with Crippen LogP contribution in [0.4, 0.5) is 5.00 Å². The molecule has 0 bridgehead atoms. The molecule has 0 unspecified atom stereocenters. The Bertz CT molecular complexity index is 657. The molecule has 0 aromatic carbocycles. The quantitative estimate of drug-likeness (QED) is 0.745. The van der Waals surface area contributed by atoms with Crippen LogP contribution < -0.4 is 5.73 Å². The number of hydrogen-bond acceptors (Lipinski definition) is 8. The molecule has 2 N–H and O–H groups in total. The van der Waals surface area contributed by atoms with E-state index < -0.39 is 0 Å². The highest BCUT2D eigenvalue weighted by Gasteiger charge is 2.18. The molecule has 8 heteroatoms. The Morgan fingerprint density at radius 1 is 1.39 bits per heavy atom. The summed E-state index contributed by atoms with van der Waals surface area (Å²) in [6, 6.07) is 1.71. The topological polar surface area (TPSA) is 104 Å². The van der Waals surface area contributed by atoms with Gasteiger partial charge in [0.05, 0.1) is 11.3 Å². The maximum Gasteiger partial charge on any atom is 0.263 e. The highest BCUT2D eigenvalue weighted by molar-refractivity contribution is 7.10. The molecule has 0 spiro atoms. The summed E-state index contributed by atoms with van der Waals surface area (Å²) < 4.78 is 9.33. The molecular formula is C10H8N6OS. The van der Waals surface area contributed by atoms with Gasteiger partial charge in [-0.1, -0.05) is 5.16 Å². The van der Waals surface area contributed by atoms with Crippen LogP contribution in [0.15, 0.2) is 23.1 Å². The van der Waals surface area contributed by atoms with E-state index in [0.29, 0.717) is 28.0 Å². The van der Waals surface area contributed by atoms with E-state index in [1.165, 1.54) is 17.9 Å². The minimum absolute atomic E-state index is 0.354. The van der Waals surface area contributed by atoms with Crippen molar-refractivity contribution in [2.75, 3.05) is 5.73 Å². The summed E-state index contributed by atoms with van der Waals surface area (Å²) in [5.41, 5.74) is 7.88. The fraction of sp³-hybridized carbons (Fsp3) is 0.100. The van der Waals surface area contributed by atoms with Gasteiger partial charge in [-0.05, 0) is 24.5 Å². The molecule has 3 rings (SSSR count). The van der Waals surface area contributed by atoms with Gasteiger partial charge in [-0.15, -0.1) is 0 Å². The SMILES string of the molecule is Cc1nsc(N)c1-c1nc(-c2ccncn2)no1. The summed E-state index contributed by atoms with van der Waals surface area (Å²) in [5.74, 6) is 0.754. The molecule has 0 amide bonds. The van der Waals surface area contributed by atoms with E-state index in [2.05, 4.69) is 24.5 Å². The monoisotopic (exact) mass is 260 g/mol. The second kappa shape index (κ2) is 4.15.